The zero-order valence-corrected chi connectivity index (χ0v) is 12.3. The van der Waals surface area contributed by atoms with Crippen LogP contribution in [0.3, 0.4) is 0 Å². The second-order valence-corrected chi connectivity index (χ2v) is 5.59. The fourth-order valence-electron chi connectivity index (χ4n) is 1.52. The Morgan fingerprint density at radius 2 is 1.89 bits per heavy atom. The SMILES string of the molecule is COc1ccc(/C=C2\SC(=S)NC2=S)cc1OC. The normalized spacial score (nSPS) is 16.9. The Bertz CT molecular complexity index is 540. The molecular weight excluding hydrogens is 286 g/mol. The molecule has 1 aliphatic heterocycles. The van der Waals surface area contributed by atoms with Crippen LogP contribution in [-0.2, 0) is 0 Å². The molecule has 0 unspecified atom stereocenters. The van der Waals surface area contributed by atoms with Gasteiger partial charge >= 0.3 is 0 Å². The molecule has 1 aromatic rings. The minimum atomic E-state index is 0.666. The number of ether oxygens (including phenoxy) is 2. The predicted octanol–water partition coefficient (Wildman–Crippen LogP) is 2.99. The highest BCUT2D eigenvalue weighted by Crippen LogP contribution is 2.31. The van der Waals surface area contributed by atoms with Crippen LogP contribution in [0.1, 0.15) is 5.56 Å². The van der Waals surface area contributed by atoms with Gasteiger partial charge in [0.15, 0.2) is 11.5 Å². The van der Waals surface area contributed by atoms with E-state index in [9.17, 15) is 0 Å². The van der Waals surface area contributed by atoms with Crippen molar-refractivity contribution in [1.82, 2.24) is 5.32 Å². The van der Waals surface area contributed by atoms with Crippen LogP contribution < -0.4 is 14.8 Å². The van der Waals surface area contributed by atoms with E-state index in [1.165, 1.54) is 11.8 Å². The Hall–Kier alpha value is -1.11. The first-order valence-electron chi connectivity index (χ1n) is 5.11. The number of hydrogen-bond acceptors (Lipinski definition) is 5. The van der Waals surface area contributed by atoms with Crippen molar-refractivity contribution in [2.45, 2.75) is 0 Å². The van der Waals surface area contributed by atoms with Gasteiger partial charge in [0.1, 0.15) is 9.31 Å². The second kappa shape index (κ2) is 5.69. The van der Waals surface area contributed by atoms with E-state index in [1.807, 2.05) is 24.3 Å². The zero-order valence-electron chi connectivity index (χ0n) is 9.85. The monoisotopic (exact) mass is 297 g/mol. The topological polar surface area (TPSA) is 30.5 Å². The van der Waals surface area contributed by atoms with Crippen molar-refractivity contribution < 1.29 is 9.47 Å². The van der Waals surface area contributed by atoms with E-state index in [0.29, 0.717) is 20.8 Å². The fourth-order valence-corrected chi connectivity index (χ4v) is 2.99. The second-order valence-electron chi connectivity index (χ2n) is 3.47. The minimum Gasteiger partial charge on any atom is -0.493 e. The van der Waals surface area contributed by atoms with E-state index in [2.05, 4.69) is 5.32 Å². The standard InChI is InChI=1S/C12H11NO2S3/c1-14-8-4-3-7(5-9(8)15-2)6-10-11(16)13-12(17)18-10/h3-6H,1-2H3,(H,13,16,17)/b10-6-. The molecule has 1 aliphatic rings. The number of thioether (sulfide) groups is 1. The summed E-state index contributed by atoms with van der Waals surface area (Å²) >= 11 is 11.7. The van der Waals surface area contributed by atoms with E-state index >= 15 is 0 Å². The molecule has 0 saturated carbocycles. The molecule has 0 amide bonds. The molecule has 0 radical (unpaired) electrons. The summed E-state index contributed by atoms with van der Waals surface area (Å²) in [4.78, 5) is 1.61. The lowest BCUT2D eigenvalue weighted by molar-refractivity contribution is 0.355. The van der Waals surface area contributed by atoms with Gasteiger partial charge in [0, 0.05) is 4.91 Å². The quantitative estimate of drug-likeness (QED) is 0.682. The molecule has 1 fully saturated rings. The molecule has 18 heavy (non-hydrogen) atoms. The molecule has 0 spiro atoms. The van der Waals surface area contributed by atoms with Crippen LogP contribution in [-0.4, -0.2) is 23.5 Å². The van der Waals surface area contributed by atoms with Crippen molar-refractivity contribution >= 4 is 51.6 Å². The maximum atomic E-state index is 5.25. The van der Waals surface area contributed by atoms with E-state index in [1.54, 1.807) is 14.2 Å². The van der Waals surface area contributed by atoms with Gasteiger partial charge in [0.05, 0.1) is 14.2 Å². The number of rotatable bonds is 3. The minimum absolute atomic E-state index is 0.666. The van der Waals surface area contributed by atoms with Gasteiger partial charge in [0.2, 0.25) is 0 Å². The molecule has 1 aromatic carbocycles. The van der Waals surface area contributed by atoms with Crippen LogP contribution in [0.15, 0.2) is 23.1 Å². The molecule has 1 N–H and O–H groups in total. The van der Waals surface area contributed by atoms with E-state index in [4.69, 9.17) is 33.9 Å². The summed E-state index contributed by atoms with van der Waals surface area (Å²) in [6.45, 7) is 0. The summed E-state index contributed by atoms with van der Waals surface area (Å²) in [5, 5.41) is 2.94. The molecule has 6 heteroatoms. The summed E-state index contributed by atoms with van der Waals surface area (Å²) < 4.78 is 11.1. The lowest BCUT2D eigenvalue weighted by Crippen LogP contribution is -2.15. The molecule has 1 heterocycles. The van der Waals surface area contributed by atoms with Crippen molar-refractivity contribution in [3.05, 3.63) is 28.7 Å². The van der Waals surface area contributed by atoms with Crippen LogP contribution in [0.2, 0.25) is 0 Å². The third-order valence-electron chi connectivity index (χ3n) is 2.35. The Morgan fingerprint density at radius 1 is 1.17 bits per heavy atom. The zero-order chi connectivity index (χ0) is 13.1. The highest BCUT2D eigenvalue weighted by Gasteiger charge is 2.18. The van der Waals surface area contributed by atoms with Crippen molar-refractivity contribution in [3.8, 4) is 11.5 Å². The van der Waals surface area contributed by atoms with E-state index in [0.717, 1.165) is 10.5 Å². The molecule has 1 saturated heterocycles. The van der Waals surface area contributed by atoms with Gasteiger partial charge in [-0.05, 0) is 23.8 Å². The average molecular weight is 297 g/mol. The van der Waals surface area contributed by atoms with E-state index in [-0.39, 0.29) is 0 Å². The Kier molecular flexibility index (Phi) is 4.21. The molecule has 0 bridgehead atoms. The van der Waals surface area contributed by atoms with E-state index < -0.39 is 0 Å². The Balaban J connectivity index is 2.32. The molecular formula is C12H11NO2S3. The maximum absolute atomic E-state index is 5.25. The fraction of sp³-hybridized carbons (Fsp3) is 0.167. The van der Waals surface area contributed by atoms with Crippen LogP contribution in [0.5, 0.6) is 11.5 Å². The summed E-state index contributed by atoms with van der Waals surface area (Å²) in [6, 6.07) is 5.70. The smallest absolute Gasteiger partial charge is 0.161 e. The maximum Gasteiger partial charge on any atom is 0.161 e. The lowest BCUT2D eigenvalue weighted by atomic mass is 10.2. The van der Waals surface area contributed by atoms with Gasteiger partial charge in [-0.15, -0.1) is 0 Å². The molecule has 0 aromatic heterocycles. The van der Waals surface area contributed by atoms with Crippen LogP contribution >= 0.6 is 36.2 Å². The summed E-state index contributed by atoms with van der Waals surface area (Å²) in [5.74, 6) is 1.39. The average Bonchev–Trinajstić information content (AvgIpc) is 2.67. The summed E-state index contributed by atoms with van der Waals surface area (Å²) in [7, 11) is 3.22. The molecule has 0 atom stereocenters. The molecule has 3 nitrogen and oxygen atoms in total. The van der Waals surface area contributed by atoms with Gasteiger partial charge in [0.25, 0.3) is 0 Å². The first-order valence-corrected chi connectivity index (χ1v) is 6.74. The lowest BCUT2D eigenvalue weighted by Gasteiger charge is -2.07. The van der Waals surface area contributed by atoms with Gasteiger partial charge in [-0.1, -0.05) is 42.3 Å². The largest absolute Gasteiger partial charge is 0.493 e. The molecule has 94 valence electrons. The highest BCUT2D eigenvalue weighted by molar-refractivity contribution is 8.27. The van der Waals surface area contributed by atoms with Crippen molar-refractivity contribution in [2.24, 2.45) is 0 Å². The molecule has 2 rings (SSSR count). The summed E-state index contributed by atoms with van der Waals surface area (Å²) in [5.41, 5.74) is 0.990. The number of thiocarbonyl (C=S) groups is 2. The van der Waals surface area contributed by atoms with Crippen LogP contribution in [0.4, 0.5) is 0 Å². The predicted molar refractivity (Wildman–Crippen MR) is 83.4 cm³/mol. The third kappa shape index (κ3) is 2.82. The van der Waals surface area contributed by atoms with Gasteiger partial charge in [-0.25, -0.2) is 0 Å². The van der Waals surface area contributed by atoms with Crippen LogP contribution in [0.25, 0.3) is 6.08 Å². The third-order valence-corrected chi connectivity index (χ3v) is 3.98. The number of methoxy groups -OCH3 is 2. The van der Waals surface area contributed by atoms with Crippen LogP contribution in [0, 0.1) is 0 Å². The number of hydrogen-bond donors (Lipinski definition) is 1. The Morgan fingerprint density at radius 3 is 2.44 bits per heavy atom. The Labute approximate surface area is 121 Å². The van der Waals surface area contributed by atoms with Gasteiger partial charge < -0.3 is 14.8 Å². The highest BCUT2D eigenvalue weighted by atomic mass is 32.2. The van der Waals surface area contributed by atoms with Crippen molar-refractivity contribution in [1.29, 1.82) is 0 Å². The van der Waals surface area contributed by atoms with Crippen molar-refractivity contribution in [3.63, 3.8) is 0 Å². The first kappa shape index (κ1) is 13.3. The van der Waals surface area contributed by atoms with Gasteiger partial charge in [-0.2, -0.15) is 0 Å². The summed E-state index contributed by atoms with van der Waals surface area (Å²) in [6.07, 6.45) is 1.97. The molecule has 0 aliphatic carbocycles. The van der Waals surface area contributed by atoms with Crippen molar-refractivity contribution in [2.75, 3.05) is 14.2 Å². The van der Waals surface area contributed by atoms with Gasteiger partial charge in [-0.3, -0.25) is 0 Å². The number of benzene rings is 1. The first-order chi connectivity index (χ1) is 8.63. The number of nitrogens with one attached hydrogen (secondary N) is 1.